The molecule has 0 aromatic heterocycles. The summed E-state index contributed by atoms with van der Waals surface area (Å²) in [4.78, 5) is 15.1. The molecule has 0 spiro atoms. The first-order valence-corrected chi connectivity index (χ1v) is 12.1. The van der Waals surface area contributed by atoms with Crippen molar-refractivity contribution in [1.82, 2.24) is 10.2 Å². The van der Waals surface area contributed by atoms with Crippen LogP contribution in [-0.2, 0) is 14.8 Å². The fourth-order valence-electron chi connectivity index (χ4n) is 3.54. The average molecular weight is 450 g/mol. The molecule has 162 valence electrons. The fourth-order valence-corrected chi connectivity index (χ4v) is 5.09. The molecule has 0 saturated carbocycles. The van der Waals surface area contributed by atoms with Crippen molar-refractivity contribution in [3.8, 4) is 0 Å². The van der Waals surface area contributed by atoms with Crippen LogP contribution in [0.5, 0.6) is 0 Å². The van der Waals surface area contributed by atoms with Crippen molar-refractivity contribution in [1.29, 1.82) is 0 Å². The Labute approximate surface area is 183 Å². The molecular weight excluding hydrogens is 422 g/mol. The van der Waals surface area contributed by atoms with Gasteiger partial charge in [-0.3, -0.25) is 9.10 Å². The maximum absolute atomic E-state index is 13.2. The Hall–Kier alpha value is -2.09. The monoisotopic (exact) mass is 449 g/mol. The van der Waals surface area contributed by atoms with Gasteiger partial charge in [0.15, 0.2) is 0 Å². The van der Waals surface area contributed by atoms with Gasteiger partial charge in [-0.15, -0.1) is 0 Å². The van der Waals surface area contributed by atoms with Crippen molar-refractivity contribution in [3.05, 3.63) is 59.6 Å². The fraction of sp³-hybridized carbons (Fsp3) is 0.409. The second-order valence-corrected chi connectivity index (χ2v) is 9.71. The van der Waals surface area contributed by atoms with E-state index in [1.54, 1.807) is 30.3 Å². The van der Waals surface area contributed by atoms with E-state index < -0.39 is 10.0 Å². The molecule has 1 aliphatic rings. The number of nitrogens with one attached hydrogen (secondary N) is 1. The van der Waals surface area contributed by atoms with E-state index in [9.17, 15) is 13.2 Å². The number of carbonyl (C=O) groups is 1. The average Bonchev–Trinajstić information content (AvgIpc) is 2.76. The Morgan fingerprint density at radius 2 is 1.67 bits per heavy atom. The van der Waals surface area contributed by atoms with Gasteiger partial charge in [0.1, 0.15) is 6.54 Å². The zero-order valence-corrected chi connectivity index (χ0v) is 18.5. The number of benzene rings is 2. The van der Waals surface area contributed by atoms with Crippen molar-refractivity contribution >= 4 is 33.2 Å². The number of nitrogens with zero attached hydrogens (tertiary/aromatic N) is 2. The first kappa shape index (κ1) is 22.6. The van der Waals surface area contributed by atoms with Crippen molar-refractivity contribution in [2.24, 2.45) is 0 Å². The van der Waals surface area contributed by atoms with E-state index in [0.29, 0.717) is 17.3 Å². The normalized spacial score (nSPS) is 15.0. The summed E-state index contributed by atoms with van der Waals surface area (Å²) in [6, 6.07) is 14.6. The molecule has 0 aliphatic carbocycles. The molecule has 1 amide bonds. The largest absolute Gasteiger partial charge is 0.354 e. The predicted octanol–water partition coefficient (Wildman–Crippen LogP) is 3.53. The number of rotatable bonds is 9. The van der Waals surface area contributed by atoms with Gasteiger partial charge in [-0.1, -0.05) is 36.2 Å². The molecule has 2 aromatic rings. The topological polar surface area (TPSA) is 69.7 Å². The van der Waals surface area contributed by atoms with Crippen LogP contribution in [0.2, 0.25) is 5.02 Å². The molecule has 0 radical (unpaired) electrons. The molecule has 1 aliphatic heterocycles. The maximum atomic E-state index is 13.2. The lowest BCUT2D eigenvalue weighted by Gasteiger charge is -2.26. The molecule has 3 rings (SSSR count). The molecule has 0 atom stereocenters. The Morgan fingerprint density at radius 1 is 1.00 bits per heavy atom. The molecule has 0 unspecified atom stereocenters. The van der Waals surface area contributed by atoms with Gasteiger partial charge in [0.2, 0.25) is 5.91 Å². The summed E-state index contributed by atoms with van der Waals surface area (Å²) in [5.74, 6) is -0.324. The highest BCUT2D eigenvalue weighted by Gasteiger charge is 2.27. The van der Waals surface area contributed by atoms with Gasteiger partial charge in [0.05, 0.1) is 10.6 Å². The molecule has 1 heterocycles. The third-order valence-corrected chi connectivity index (χ3v) is 7.20. The number of likely N-dealkylation sites (tertiary alicyclic amines) is 1. The number of hydrogen-bond donors (Lipinski definition) is 1. The van der Waals surface area contributed by atoms with E-state index in [1.165, 1.54) is 43.5 Å². The van der Waals surface area contributed by atoms with Gasteiger partial charge in [-0.25, -0.2) is 8.42 Å². The molecule has 6 nitrogen and oxygen atoms in total. The summed E-state index contributed by atoms with van der Waals surface area (Å²) in [6.07, 6.45) is 4.62. The van der Waals surface area contributed by atoms with Crippen molar-refractivity contribution < 1.29 is 13.2 Å². The van der Waals surface area contributed by atoms with Gasteiger partial charge in [0.25, 0.3) is 10.0 Å². The van der Waals surface area contributed by atoms with Crippen molar-refractivity contribution in [2.75, 3.05) is 37.0 Å². The van der Waals surface area contributed by atoms with Gasteiger partial charge < -0.3 is 10.2 Å². The highest BCUT2D eigenvalue weighted by Crippen LogP contribution is 2.24. The Bertz CT molecular complexity index is 914. The highest BCUT2D eigenvalue weighted by molar-refractivity contribution is 7.92. The molecule has 2 aromatic carbocycles. The predicted molar refractivity (Wildman–Crippen MR) is 120 cm³/mol. The van der Waals surface area contributed by atoms with Crippen LogP contribution in [-0.4, -0.2) is 51.9 Å². The molecule has 8 heteroatoms. The molecule has 1 fully saturated rings. The van der Waals surface area contributed by atoms with Gasteiger partial charge in [-0.2, -0.15) is 0 Å². The molecule has 1 saturated heterocycles. The van der Waals surface area contributed by atoms with Crippen LogP contribution < -0.4 is 9.62 Å². The quantitative estimate of drug-likeness (QED) is 0.594. The molecule has 30 heavy (non-hydrogen) atoms. The van der Waals surface area contributed by atoms with E-state index in [1.807, 2.05) is 0 Å². The van der Waals surface area contributed by atoms with E-state index >= 15 is 0 Å². The molecule has 0 bridgehead atoms. The zero-order chi connectivity index (χ0) is 21.4. The minimum absolute atomic E-state index is 0.0913. The Balaban J connectivity index is 1.64. The summed E-state index contributed by atoms with van der Waals surface area (Å²) >= 11 is 5.89. The van der Waals surface area contributed by atoms with E-state index in [2.05, 4.69) is 10.2 Å². The lowest BCUT2D eigenvalue weighted by molar-refractivity contribution is -0.119. The van der Waals surface area contributed by atoms with Crippen LogP contribution >= 0.6 is 11.6 Å². The number of hydrogen-bond acceptors (Lipinski definition) is 4. The standard InChI is InChI=1S/C22H28ClN3O3S/c23-19-10-12-21(13-11-19)30(28,29)26(20-8-3-1-4-9-20)18-22(27)24-14-7-17-25-15-5-2-6-16-25/h1,3-4,8-13H,2,5-7,14-18H2,(H,24,27). The second kappa shape index (κ2) is 10.8. The zero-order valence-electron chi connectivity index (χ0n) is 17.0. The van der Waals surface area contributed by atoms with Crippen LogP contribution in [0.4, 0.5) is 5.69 Å². The number of halogens is 1. The number of piperidine rings is 1. The summed E-state index contributed by atoms with van der Waals surface area (Å²) in [5, 5.41) is 3.31. The minimum Gasteiger partial charge on any atom is -0.354 e. The van der Waals surface area contributed by atoms with E-state index in [4.69, 9.17) is 11.6 Å². The Morgan fingerprint density at radius 3 is 2.33 bits per heavy atom. The third-order valence-electron chi connectivity index (χ3n) is 5.15. The number of para-hydroxylation sites is 1. The van der Waals surface area contributed by atoms with Crippen LogP contribution in [0.25, 0.3) is 0 Å². The SMILES string of the molecule is O=C(CN(c1ccccc1)S(=O)(=O)c1ccc(Cl)cc1)NCCCN1CCCCC1. The lowest BCUT2D eigenvalue weighted by atomic mass is 10.1. The first-order valence-electron chi connectivity index (χ1n) is 10.3. The van der Waals surface area contributed by atoms with Crippen LogP contribution in [0.3, 0.4) is 0 Å². The van der Waals surface area contributed by atoms with Gasteiger partial charge in [-0.05, 0) is 75.3 Å². The van der Waals surface area contributed by atoms with Crippen LogP contribution in [0.15, 0.2) is 59.5 Å². The second-order valence-electron chi connectivity index (χ2n) is 7.41. The van der Waals surface area contributed by atoms with Crippen molar-refractivity contribution in [2.45, 2.75) is 30.6 Å². The van der Waals surface area contributed by atoms with Crippen LogP contribution in [0.1, 0.15) is 25.7 Å². The van der Waals surface area contributed by atoms with Crippen LogP contribution in [0, 0.1) is 0 Å². The van der Waals surface area contributed by atoms with Crippen molar-refractivity contribution in [3.63, 3.8) is 0 Å². The number of sulfonamides is 1. The number of amides is 1. The Kier molecular flexibility index (Phi) is 8.13. The summed E-state index contributed by atoms with van der Waals surface area (Å²) < 4.78 is 27.6. The van der Waals surface area contributed by atoms with E-state index in [-0.39, 0.29) is 17.3 Å². The minimum atomic E-state index is -3.91. The summed E-state index contributed by atoms with van der Waals surface area (Å²) in [6.45, 7) is 3.44. The first-order chi connectivity index (χ1) is 14.5. The third kappa shape index (κ3) is 6.20. The summed E-state index contributed by atoms with van der Waals surface area (Å²) in [7, 11) is -3.91. The smallest absolute Gasteiger partial charge is 0.264 e. The number of anilines is 1. The maximum Gasteiger partial charge on any atom is 0.264 e. The van der Waals surface area contributed by atoms with Gasteiger partial charge >= 0.3 is 0 Å². The lowest BCUT2D eigenvalue weighted by Crippen LogP contribution is -2.41. The highest BCUT2D eigenvalue weighted by atomic mass is 35.5. The van der Waals surface area contributed by atoms with Gasteiger partial charge in [0, 0.05) is 11.6 Å². The molecule has 1 N–H and O–H groups in total. The van der Waals surface area contributed by atoms with E-state index in [0.717, 1.165) is 30.4 Å². The number of carbonyl (C=O) groups excluding carboxylic acids is 1. The molecular formula is C22H28ClN3O3S. The summed E-state index contributed by atoms with van der Waals surface area (Å²) in [5.41, 5.74) is 0.441.